The molecule has 0 fully saturated rings. The van der Waals surface area contributed by atoms with Crippen LogP contribution in [0.1, 0.15) is 0 Å². The van der Waals surface area contributed by atoms with E-state index in [9.17, 15) is 0 Å². The van der Waals surface area contributed by atoms with Gasteiger partial charge in [0.2, 0.25) is 0 Å². The van der Waals surface area contributed by atoms with Crippen molar-refractivity contribution >= 4 is 9.52 Å². The minimum Gasteiger partial charge on any atom is -0.382 e. The molecule has 5 heteroatoms. The zero-order valence-corrected chi connectivity index (χ0v) is 10.4. The molecule has 84 valence electrons. The molecule has 0 amide bonds. The van der Waals surface area contributed by atoms with Crippen LogP contribution in [0.15, 0.2) is 12.3 Å². The molecule has 0 saturated heterocycles. The van der Waals surface area contributed by atoms with Gasteiger partial charge >= 0.3 is 0 Å². The molecule has 0 aliphatic carbocycles. The summed E-state index contributed by atoms with van der Waals surface area (Å²) in [4.78, 5) is 0. The van der Waals surface area contributed by atoms with Gasteiger partial charge in [0.05, 0.1) is 26.4 Å². The lowest BCUT2D eigenvalue weighted by Crippen LogP contribution is -2.26. The molecule has 0 N–H and O–H groups in total. The molecule has 0 aliphatic rings. The third-order valence-corrected chi connectivity index (χ3v) is 2.73. The third-order valence-electron chi connectivity index (χ3n) is 1.54. The summed E-state index contributed by atoms with van der Waals surface area (Å²) in [7, 11) is 2.78. The van der Waals surface area contributed by atoms with E-state index in [0.29, 0.717) is 26.4 Å². The van der Waals surface area contributed by atoms with Gasteiger partial charge in [-0.1, -0.05) is 0 Å². The molecule has 0 spiro atoms. The predicted octanol–water partition coefficient (Wildman–Crippen LogP) is -0.0917. The van der Waals surface area contributed by atoms with Crippen molar-refractivity contribution in [3.05, 3.63) is 12.3 Å². The Bertz CT molecular complexity index is 122. The van der Waals surface area contributed by atoms with Crippen LogP contribution < -0.4 is 0 Å². The molecule has 0 aliphatic heterocycles. The molecular formula is C9H20O4Si. The van der Waals surface area contributed by atoms with Crippen molar-refractivity contribution in [2.45, 2.75) is 5.91 Å². The SMILES string of the molecule is C=C[SiH2]C(OCCOC)OCCOC. The van der Waals surface area contributed by atoms with E-state index in [0.717, 1.165) is 0 Å². The lowest BCUT2D eigenvalue weighted by Gasteiger charge is -2.16. The van der Waals surface area contributed by atoms with E-state index in [1.165, 1.54) is 0 Å². The number of ether oxygens (including phenoxy) is 4. The van der Waals surface area contributed by atoms with Gasteiger partial charge in [0.15, 0.2) is 0 Å². The quantitative estimate of drug-likeness (QED) is 0.293. The van der Waals surface area contributed by atoms with E-state index in [4.69, 9.17) is 18.9 Å². The fourth-order valence-corrected chi connectivity index (χ4v) is 1.72. The van der Waals surface area contributed by atoms with Crippen LogP contribution in [0.5, 0.6) is 0 Å². The van der Waals surface area contributed by atoms with Crippen LogP contribution in [0.2, 0.25) is 0 Å². The van der Waals surface area contributed by atoms with E-state index in [1.54, 1.807) is 14.2 Å². The van der Waals surface area contributed by atoms with Crippen LogP contribution in [0.3, 0.4) is 0 Å². The second-order valence-corrected chi connectivity index (χ2v) is 4.40. The topological polar surface area (TPSA) is 36.9 Å². The van der Waals surface area contributed by atoms with Crippen molar-refractivity contribution in [2.75, 3.05) is 40.6 Å². The van der Waals surface area contributed by atoms with Gasteiger partial charge in [0, 0.05) is 14.2 Å². The fraction of sp³-hybridized carbons (Fsp3) is 0.778. The maximum Gasteiger partial charge on any atom is 0.139 e. The molecule has 0 radical (unpaired) electrons. The molecule has 0 aromatic heterocycles. The van der Waals surface area contributed by atoms with E-state index in [1.807, 2.05) is 5.70 Å². The van der Waals surface area contributed by atoms with Crippen molar-refractivity contribution < 1.29 is 18.9 Å². The molecule has 0 atom stereocenters. The molecular weight excluding hydrogens is 200 g/mol. The Kier molecular flexibility index (Phi) is 10.7. The van der Waals surface area contributed by atoms with Crippen LogP contribution in [-0.2, 0) is 18.9 Å². The highest BCUT2D eigenvalue weighted by Crippen LogP contribution is 1.94. The van der Waals surface area contributed by atoms with Gasteiger partial charge < -0.3 is 18.9 Å². The smallest absolute Gasteiger partial charge is 0.139 e. The molecule has 0 rings (SSSR count). The molecule has 0 aromatic rings. The van der Waals surface area contributed by atoms with Gasteiger partial charge in [0.1, 0.15) is 15.4 Å². The largest absolute Gasteiger partial charge is 0.382 e. The first-order chi connectivity index (χ1) is 6.85. The van der Waals surface area contributed by atoms with Gasteiger partial charge in [0.25, 0.3) is 0 Å². The molecule has 0 saturated carbocycles. The summed E-state index contributed by atoms with van der Waals surface area (Å²) in [6.07, 6.45) is 0. The van der Waals surface area contributed by atoms with Crippen molar-refractivity contribution in [3.8, 4) is 0 Å². The Morgan fingerprint density at radius 1 is 1.07 bits per heavy atom. The fourth-order valence-electron chi connectivity index (χ4n) is 0.846. The predicted molar refractivity (Wildman–Crippen MR) is 58.2 cm³/mol. The summed E-state index contributed by atoms with van der Waals surface area (Å²) in [6, 6.07) is 0. The highest BCUT2D eigenvalue weighted by molar-refractivity contribution is 6.42. The standard InChI is InChI=1S/C9H20O4Si/c1-4-14-9(12-7-5-10-2)13-8-6-11-3/h4,9H,1,5-8,14H2,2-3H3. The van der Waals surface area contributed by atoms with E-state index in [-0.39, 0.29) is 5.91 Å². The Morgan fingerprint density at radius 2 is 1.57 bits per heavy atom. The van der Waals surface area contributed by atoms with Crippen LogP contribution in [0.25, 0.3) is 0 Å². The first kappa shape index (κ1) is 13.8. The molecule has 4 nitrogen and oxygen atoms in total. The van der Waals surface area contributed by atoms with Crippen LogP contribution in [-0.4, -0.2) is 56.1 Å². The highest BCUT2D eigenvalue weighted by atomic mass is 28.2. The number of rotatable bonds is 10. The highest BCUT2D eigenvalue weighted by Gasteiger charge is 2.06. The Hall–Kier alpha value is -0.203. The van der Waals surface area contributed by atoms with E-state index in [2.05, 4.69) is 6.58 Å². The van der Waals surface area contributed by atoms with Gasteiger partial charge in [-0.3, -0.25) is 0 Å². The zero-order chi connectivity index (χ0) is 10.6. The first-order valence-corrected chi connectivity index (χ1v) is 6.30. The first-order valence-electron chi connectivity index (χ1n) is 4.67. The van der Waals surface area contributed by atoms with Crippen LogP contribution in [0, 0.1) is 0 Å². The Morgan fingerprint density at radius 3 is 1.93 bits per heavy atom. The average Bonchev–Trinajstić information content (AvgIpc) is 2.18. The van der Waals surface area contributed by atoms with Crippen LogP contribution in [0.4, 0.5) is 0 Å². The van der Waals surface area contributed by atoms with Gasteiger partial charge in [-0.2, -0.15) is 0 Å². The Labute approximate surface area is 88.0 Å². The molecule has 14 heavy (non-hydrogen) atoms. The minimum atomic E-state index is -0.512. The van der Waals surface area contributed by atoms with Crippen molar-refractivity contribution in [2.24, 2.45) is 0 Å². The molecule has 0 heterocycles. The summed E-state index contributed by atoms with van der Waals surface area (Å²) < 4.78 is 20.7. The van der Waals surface area contributed by atoms with Gasteiger partial charge in [-0.15, -0.1) is 12.3 Å². The number of hydrogen-bond acceptors (Lipinski definition) is 4. The number of hydrogen-bond donors (Lipinski definition) is 0. The summed E-state index contributed by atoms with van der Waals surface area (Å²) >= 11 is 0. The average molecular weight is 220 g/mol. The van der Waals surface area contributed by atoms with E-state index < -0.39 is 9.52 Å². The second-order valence-electron chi connectivity index (χ2n) is 2.68. The maximum absolute atomic E-state index is 5.46. The zero-order valence-electron chi connectivity index (χ0n) is 9.03. The monoisotopic (exact) mass is 220 g/mol. The summed E-state index contributed by atoms with van der Waals surface area (Å²) in [6.45, 7) is 6.01. The third kappa shape index (κ3) is 8.40. The normalized spacial score (nSPS) is 11.6. The molecule has 0 unspecified atom stereocenters. The summed E-state index contributed by atoms with van der Waals surface area (Å²) in [5.74, 6) is -0.0993. The van der Waals surface area contributed by atoms with Crippen molar-refractivity contribution in [1.82, 2.24) is 0 Å². The lowest BCUT2D eigenvalue weighted by atomic mass is 10.8. The Balaban J connectivity index is 3.49. The maximum atomic E-state index is 5.46. The van der Waals surface area contributed by atoms with Crippen molar-refractivity contribution in [3.63, 3.8) is 0 Å². The lowest BCUT2D eigenvalue weighted by molar-refractivity contribution is -0.108. The van der Waals surface area contributed by atoms with E-state index >= 15 is 0 Å². The summed E-state index contributed by atoms with van der Waals surface area (Å²) in [5, 5.41) is 0. The minimum absolute atomic E-state index is 0.0993. The number of methoxy groups -OCH3 is 2. The molecule has 0 bridgehead atoms. The van der Waals surface area contributed by atoms with Crippen molar-refractivity contribution in [1.29, 1.82) is 0 Å². The van der Waals surface area contributed by atoms with Crippen LogP contribution >= 0.6 is 0 Å². The van der Waals surface area contributed by atoms with Gasteiger partial charge in [-0.25, -0.2) is 0 Å². The summed E-state index contributed by atoms with van der Waals surface area (Å²) in [5.41, 5.74) is 1.91. The second kappa shape index (κ2) is 10.9. The molecule has 0 aromatic carbocycles. The van der Waals surface area contributed by atoms with Gasteiger partial charge in [-0.05, 0) is 0 Å².